The van der Waals surface area contributed by atoms with E-state index in [1.54, 1.807) is 24.3 Å². The zero-order valence-electron chi connectivity index (χ0n) is 21.4. The summed E-state index contributed by atoms with van der Waals surface area (Å²) in [5.41, 5.74) is 1.70. The van der Waals surface area contributed by atoms with Gasteiger partial charge in [0, 0.05) is 0 Å². The maximum atomic E-state index is 10.8. The number of benzene rings is 4. The van der Waals surface area contributed by atoms with Crippen molar-refractivity contribution in [2.75, 3.05) is 0 Å². The Morgan fingerprint density at radius 3 is 1.62 bits per heavy atom. The molecular weight excluding hydrogens is 535 g/mol. The van der Waals surface area contributed by atoms with Crippen LogP contribution in [0.25, 0.3) is 0 Å². The number of aromatic hydroxyl groups is 2. The zero-order chi connectivity index (χ0) is 27.0. The Balaban J connectivity index is 0.000000186. The molecule has 1 aliphatic heterocycles. The minimum Gasteiger partial charge on any atom is -0.872 e. The average molecular weight is 567 g/mol. The van der Waals surface area contributed by atoms with Crippen molar-refractivity contribution in [2.24, 2.45) is 0 Å². The van der Waals surface area contributed by atoms with Crippen LogP contribution in [0.3, 0.4) is 0 Å². The van der Waals surface area contributed by atoms with Crippen molar-refractivity contribution in [1.82, 2.24) is 0 Å². The Kier molecular flexibility index (Phi) is 8.60. The van der Waals surface area contributed by atoms with Crippen LogP contribution in [0.15, 0.2) is 103 Å². The van der Waals surface area contributed by atoms with Gasteiger partial charge < -0.3 is 9.84 Å². The standard InChI is InChI=1S/C20H22N2O2.C12H10O2.Co/c23-19-11-5-1-7-15(19)13-21-17-9-3-4-10-18(17)22-14-16-8-2-6-12-20(16)24;13-10-6-8-12(9-7-10)14-11-4-2-1-3-5-11;/h1-2,5-8,11-14,17-18,23-24H,3-4,9-10H2;1-9,13H;/q;;+2/p-1/t17-,18-;;/m1../s1. The van der Waals surface area contributed by atoms with Gasteiger partial charge in [0.15, 0.2) is 0 Å². The minimum absolute atomic E-state index is 0.00888. The number of hydrogen-bond donors (Lipinski definition) is 2. The molecule has 6 rings (SSSR count). The smallest absolute Gasteiger partial charge is 0.127 e. The third kappa shape index (κ3) is 6.87. The van der Waals surface area contributed by atoms with E-state index in [0.717, 1.165) is 44.8 Å². The predicted molar refractivity (Wildman–Crippen MR) is 146 cm³/mol. The third-order valence-corrected chi connectivity index (χ3v) is 8.08. The van der Waals surface area contributed by atoms with E-state index >= 15 is 0 Å². The fourth-order valence-corrected chi connectivity index (χ4v) is 6.26. The van der Waals surface area contributed by atoms with Crippen molar-refractivity contribution in [2.45, 2.75) is 37.8 Å². The third-order valence-electron chi connectivity index (χ3n) is 6.64. The number of fused-ring (bicyclic) bond motifs is 1. The Bertz CT molecular complexity index is 1390. The van der Waals surface area contributed by atoms with Crippen LogP contribution >= 0.6 is 0 Å². The number of para-hydroxylation sites is 3. The molecule has 1 heterocycles. The number of nitrogens with zero attached hydrogens (tertiary/aromatic N) is 2. The van der Waals surface area contributed by atoms with Gasteiger partial charge in [-0.2, -0.15) is 0 Å². The first kappa shape index (κ1) is 26.5. The number of ether oxygens (including phenoxy) is 1. The molecule has 6 nitrogen and oxygen atoms in total. The van der Waals surface area contributed by atoms with Gasteiger partial charge in [-0.25, -0.2) is 0 Å². The van der Waals surface area contributed by atoms with Gasteiger partial charge in [-0.05, 0) is 24.3 Å². The van der Waals surface area contributed by atoms with Crippen LogP contribution in [-0.4, -0.2) is 42.0 Å². The average Bonchev–Trinajstić information content (AvgIpc) is 3.30. The summed E-state index contributed by atoms with van der Waals surface area (Å²) >= 11 is 1.11. The van der Waals surface area contributed by atoms with E-state index < -0.39 is 0 Å². The molecule has 2 atom stereocenters. The molecule has 39 heavy (non-hydrogen) atoms. The molecule has 0 aromatic heterocycles. The monoisotopic (exact) mass is 566 g/mol. The van der Waals surface area contributed by atoms with Gasteiger partial charge in [0.1, 0.15) is 11.5 Å². The van der Waals surface area contributed by atoms with Crippen molar-refractivity contribution in [3.8, 4) is 28.7 Å². The molecule has 1 aliphatic carbocycles. The minimum atomic E-state index is -0.00888. The summed E-state index contributed by atoms with van der Waals surface area (Å²) < 4.78 is 10.1. The van der Waals surface area contributed by atoms with Crippen LogP contribution in [-0.2, 0) is 15.1 Å². The first-order valence-corrected chi connectivity index (χ1v) is 13.9. The van der Waals surface area contributed by atoms with Crippen LogP contribution in [0, 0.1) is 0 Å². The van der Waals surface area contributed by atoms with E-state index in [0.29, 0.717) is 29.3 Å². The number of phenolic OH excluding ortho intramolecular Hbond substituents is 2. The first-order chi connectivity index (χ1) is 19.1. The summed E-state index contributed by atoms with van der Waals surface area (Å²) in [5.74, 6) is 2.06. The van der Waals surface area contributed by atoms with E-state index in [2.05, 4.69) is 19.7 Å². The van der Waals surface area contributed by atoms with Crippen LogP contribution in [0.5, 0.6) is 28.7 Å². The molecule has 0 bridgehead atoms. The summed E-state index contributed by atoms with van der Waals surface area (Å²) in [6, 6.07) is 31.5. The second-order valence-corrected chi connectivity index (χ2v) is 10.7. The molecule has 201 valence electrons. The summed E-state index contributed by atoms with van der Waals surface area (Å²) in [6.07, 6.45) is 8.93. The number of rotatable bonds is 4. The van der Waals surface area contributed by atoms with Crippen molar-refractivity contribution in [1.29, 1.82) is 0 Å². The number of phenols is 2. The van der Waals surface area contributed by atoms with E-state index in [9.17, 15) is 15.3 Å². The van der Waals surface area contributed by atoms with Crippen LogP contribution < -0.4 is 9.84 Å². The van der Waals surface area contributed by atoms with Gasteiger partial charge in [-0.15, -0.1) is 5.75 Å². The molecule has 2 aliphatic rings. The van der Waals surface area contributed by atoms with E-state index in [4.69, 9.17) is 4.74 Å². The molecule has 2 fully saturated rings. The first-order valence-electron chi connectivity index (χ1n) is 13.0. The molecule has 0 unspecified atom stereocenters. The van der Waals surface area contributed by atoms with Gasteiger partial charge in [0.2, 0.25) is 0 Å². The topological polar surface area (TPSA) is 78.8 Å². The Morgan fingerprint density at radius 2 is 1.10 bits per heavy atom. The van der Waals surface area contributed by atoms with Gasteiger partial charge in [0.25, 0.3) is 0 Å². The number of hydrogen-bond acceptors (Lipinski definition) is 4. The van der Waals surface area contributed by atoms with Gasteiger partial charge in [-0.1, -0.05) is 30.3 Å². The van der Waals surface area contributed by atoms with E-state index in [-0.39, 0.29) is 5.75 Å². The fraction of sp³-hybridized carbons (Fsp3) is 0.188. The van der Waals surface area contributed by atoms with Crippen molar-refractivity contribution in [3.05, 3.63) is 114 Å². The van der Waals surface area contributed by atoms with E-state index in [1.807, 2.05) is 66.7 Å². The second kappa shape index (κ2) is 12.6. The SMILES string of the molecule is Oc1ccccc1C=[N+]1[Co][N+](=Cc2ccccc2O)[C@@H]2CCCC[C@H]21.[O-]c1ccc(Oc2ccccc2)cc1. The van der Waals surface area contributed by atoms with Gasteiger partial charge >= 0.3 is 154 Å². The second-order valence-electron chi connectivity index (χ2n) is 9.39. The Labute approximate surface area is 235 Å². The molecule has 0 amide bonds. The summed E-state index contributed by atoms with van der Waals surface area (Å²) in [7, 11) is 0. The quantitative estimate of drug-likeness (QED) is 0.345. The Morgan fingerprint density at radius 1 is 0.641 bits per heavy atom. The summed E-state index contributed by atoms with van der Waals surface area (Å²) in [4.78, 5) is 0. The van der Waals surface area contributed by atoms with Crippen LogP contribution in [0.2, 0.25) is 0 Å². The normalized spacial score (nSPS) is 20.4. The molecule has 4 aromatic rings. The van der Waals surface area contributed by atoms with Crippen LogP contribution in [0.1, 0.15) is 36.8 Å². The predicted octanol–water partition coefficient (Wildman–Crippen LogP) is 5.45. The summed E-state index contributed by atoms with van der Waals surface area (Å²) in [6.45, 7) is 0. The largest absolute Gasteiger partial charge is 0.872 e. The summed E-state index contributed by atoms with van der Waals surface area (Å²) in [5, 5.41) is 31.0. The molecular formula is C32H31CoN2O4+. The molecule has 4 aromatic carbocycles. The molecule has 2 N–H and O–H groups in total. The molecule has 0 radical (unpaired) electrons. The van der Waals surface area contributed by atoms with E-state index in [1.165, 1.54) is 25.0 Å². The zero-order valence-corrected chi connectivity index (χ0v) is 22.4. The molecule has 0 spiro atoms. The Hall–Kier alpha value is -4.07. The van der Waals surface area contributed by atoms with Gasteiger partial charge in [0.05, 0.1) is 0 Å². The maximum absolute atomic E-state index is 10.8. The van der Waals surface area contributed by atoms with Crippen LogP contribution in [0.4, 0.5) is 0 Å². The van der Waals surface area contributed by atoms with Crippen molar-refractivity contribution >= 4 is 12.4 Å². The van der Waals surface area contributed by atoms with Crippen molar-refractivity contribution < 1.29 is 42.4 Å². The fourth-order valence-electron chi connectivity index (χ4n) is 4.64. The molecule has 1 saturated carbocycles. The van der Waals surface area contributed by atoms with Gasteiger partial charge in [-0.3, -0.25) is 0 Å². The maximum Gasteiger partial charge on any atom is 0.127 e. The molecule has 7 heteroatoms. The van der Waals surface area contributed by atoms with Crippen molar-refractivity contribution in [3.63, 3.8) is 0 Å². The molecule has 1 saturated heterocycles.